The number of sulfonamides is 1. The third-order valence-corrected chi connectivity index (χ3v) is 5.75. The zero-order chi connectivity index (χ0) is 15.3. The molecule has 2 heterocycles. The van der Waals surface area contributed by atoms with Crippen molar-refractivity contribution in [2.75, 3.05) is 13.1 Å². The van der Waals surface area contributed by atoms with Gasteiger partial charge in [-0.1, -0.05) is 33.1 Å². The molecule has 0 bridgehead atoms. The van der Waals surface area contributed by atoms with Crippen LogP contribution >= 0.6 is 0 Å². The summed E-state index contributed by atoms with van der Waals surface area (Å²) < 4.78 is 27.0. The summed E-state index contributed by atoms with van der Waals surface area (Å²) in [5.41, 5.74) is 0.911. The molecule has 2 rings (SSSR count). The van der Waals surface area contributed by atoms with Gasteiger partial charge in [0.1, 0.15) is 0 Å². The highest BCUT2D eigenvalue weighted by atomic mass is 32.2. The van der Waals surface area contributed by atoms with Crippen LogP contribution in [0, 0.1) is 0 Å². The summed E-state index contributed by atoms with van der Waals surface area (Å²) in [6.45, 7) is 6.09. The molecule has 1 aromatic heterocycles. The maximum Gasteiger partial charge on any atom is 0.244 e. The Bertz CT molecular complexity index is 529. The molecule has 0 amide bonds. The summed E-state index contributed by atoms with van der Waals surface area (Å²) in [5, 5.41) is 3.28. The van der Waals surface area contributed by atoms with Crippen LogP contribution in [0.1, 0.15) is 51.6 Å². The van der Waals surface area contributed by atoms with Crippen molar-refractivity contribution in [1.29, 1.82) is 0 Å². The van der Waals surface area contributed by atoms with Gasteiger partial charge in [-0.3, -0.25) is 0 Å². The van der Waals surface area contributed by atoms with Gasteiger partial charge >= 0.3 is 0 Å². The standard InChI is InChI=1S/C15H27N3O2S/c1-13(2)16-11-14-10-15(12-17-14)21(19,20)18-8-6-4-3-5-7-9-18/h10,12-13,16-17H,3-9,11H2,1-2H3. The first-order valence-electron chi connectivity index (χ1n) is 7.91. The van der Waals surface area contributed by atoms with Crippen molar-refractivity contribution in [3.63, 3.8) is 0 Å². The van der Waals surface area contributed by atoms with Crippen LogP contribution in [-0.2, 0) is 16.6 Å². The number of hydrogen-bond acceptors (Lipinski definition) is 3. The van der Waals surface area contributed by atoms with Gasteiger partial charge in [-0.25, -0.2) is 8.42 Å². The first kappa shape index (κ1) is 16.5. The van der Waals surface area contributed by atoms with Crippen LogP contribution in [0.3, 0.4) is 0 Å². The Balaban J connectivity index is 2.07. The van der Waals surface area contributed by atoms with Gasteiger partial charge in [-0.05, 0) is 18.9 Å². The van der Waals surface area contributed by atoms with Crippen molar-refractivity contribution in [2.45, 2.75) is 63.4 Å². The highest BCUT2D eigenvalue weighted by Crippen LogP contribution is 2.20. The fraction of sp³-hybridized carbons (Fsp3) is 0.733. The molecule has 0 aliphatic carbocycles. The van der Waals surface area contributed by atoms with Crippen LogP contribution in [0.25, 0.3) is 0 Å². The van der Waals surface area contributed by atoms with Crippen LogP contribution in [0.15, 0.2) is 17.2 Å². The number of H-pyrrole nitrogens is 1. The molecule has 0 saturated carbocycles. The summed E-state index contributed by atoms with van der Waals surface area (Å²) in [6.07, 6.45) is 7.02. The second-order valence-electron chi connectivity index (χ2n) is 6.07. The molecule has 2 N–H and O–H groups in total. The van der Waals surface area contributed by atoms with E-state index in [0.717, 1.165) is 31.4 Å². The van der Waals surface area contributed by atoms with Crippen molar-refractivity contribution >= 4 is 10.0 Å². The summed E-state index contributed by atoms with van der Waals surface area (Å²) in [4.78, 5) is 3.46. The van der Waals surface area contributed by atoms with E-state index >= 15 is 0 Å². The van der Waals surface area contributed by atoms with Gasteiger partial charge in [0, 0.05) is 37.6 Å². The molecule has 1 aromatic rings. The molecule has 1 fully saturated rings. The lowest BCUT2D eigenvalue weighted by Gasteiger charge is -2.23. The van der Waals surface area contributed by atoms with Gasteiger partial charge in [-0.15, -0.1) is 0 Å². The maximum atomic E-state index is 12.7. The van der Waals surface area contributed by atoms with Gasteiger partial charge in [0.25, 0.3) is 0 Å². The van der Waals surface area contributed by atoms with E-state index in [1.54, 1.807) is 16.6 Å². The summed E-state index contributed by atoms with van der Waals surface area (Å²) >= 11 is 0. The molecule has 21 heavy (non-hydrogen) atoms. The molecule has 1 saturated heterocycles. The van der Waals surface area contributed by atoms with Crippen molar-refractivity contribution in [3.05, 3.63) is 18.0 Å². The average Bonchev–Trinajstić information content (AvgIpc) is 2.84. The van der Waals surface area contributed by atoms with Crippen LogP contribution in [0.2, 0.25) is 0 Å². The van der Waals surface area contributed by atoms with Gasteiger partial charge < -0.3 is 10.3 Å². The normalized spacial score (nSPS) is 18.6. The highest BCUT2D eigenvalue weighted by molar-refractivity contribution is 7.89. The van der Waals surface area contributed by atoms with Gasteiger partial charge in [0.2, 0.25) is 10.0 Å². The molecule has 0 spiro atoms. The SMILES string of the molecule is CC(C)NCc1cc(S(=O)(=O)N2CCCCCCC2)c[nH]1. The second-order valence-corrected chi connectivity index (χ2v) is 8.01. The summed E-state index contributed by atoms with van der Waals surface area (Å²) in [7, 11) is -3.34. The Hall–Kier alpha value is -0.850. The molecule has 0 radical (unpaired) electrons. The Morgan fingerprint density at radius 2 is 1.81 bits per heavy atom. The van der Waals surface area contributed by atoms with Crippen molar-refractivity contribution in [3.8, 4) is 0 Å². The topological polar surface area (TPSA) is 65.2 Å². The Labute approximate surface area is 128 Å². The molecule has 0 unspecified atom stereocenters. The number of aromatic amines is 1. The smallest absolute Gasteiger partial charge is 0.244 e. The van der Waals surface area contributed by atoms with Crippen LogP contribution in [0.4, 0.5) is 0 Å². The lowest BCUT2D eigenvalue weighted by molar-refractivity contribution is 0.364. The lowest BCUT2D eigenvalue weighted by Crippen LogP contribution is -2.33. The van der Waals surface area contributed by atoms with Crippen LogP contribution in [-0.4, -0.2) is 36.8 Å². The van der Waals surface area contributed by atoms with E-state index < -0.39 is 10.0 Å². The van der Waals surface area contributed by atoms with E-state index in [1.165, 1.54) is 6.42 Å². The predicted octanol–water partition coefficient (Wildman–Crippen LogP) is 2.47. The predicted molar refractivity (Wildman–Crippen MR) is 84.6 cm³/mol. The molecular weight excluding hydrogens is 286 g/mol. The van der Waals surface area contributed by atoms with Crippen molar-refractivity contribution in [1.82, 2.24) is 14.6 Å². The van der Waals surface area contributed by atoms with Gasteiger partial charge in [-0.2, -0.15) is 4.31 Å². The number of nitrogens with one attached hydrogen (secondary N) is 2. The molecule has 120 valence electrons. The number of rotatable bonds is 5. The molecule has 6 heteroatoms. The molecule has 0 atom stereocenters. The number of hydrogen-bond donors (Lipinski definition) is 2. The van der Waals surface area contributed by atoms with Crippen molar-refractivity contribution < 1.29 is 8.42 Å². The minimum Gasteiger partial charge on any atom is -0.363 e. The van der Waals surface area contributed by atoms with Gasteiger partial charge in [0.15, 0.2) is 0 Å². The summed E-state index contributed by atoms with van der Waals surface area (Å²) in [5.74, 6) is 0. The molecular formula is C15H27N3O2S. The quantitative estimate of drug-likeness (QED) is 0.877. The first-order valence-corrected chi connectivity index (χ1v) is 9.35. The van der Waals surface area contributed by atoms with E-state index in [2.05, 4.69) is 24.1 Å². The highest BCUT2D eigenvalue weighted by Gasteiger charge is 2.25. The molecule has 5 nitrogen and oxygen atoms in total. The van der Waals surface area contributed by atoms with E-state index in [0.29, 0.717) is 30.6 Å². The molecule has 1 aliphatic heterocycles. The lowest BCUT2D eigenvalue weighted by atomic mass is 10.1. The number of nitrogens with zero attached hydrogens (tertiary/aromatic N) is 1. The molecule has 1 aliphatic rings. The van der Waals surface area contributed by atoms with E-state index in [9.17, 15) is 8.42 Å². The van der Waals surface area contributed by atoms with E-state index in [4.69, 9.17) is 0 Å². The third-order valence-electron chi connectivity index (χ3n) is 3.87. The zero-order valence-electron chi connectivity index (χ0n) is 13.1. The third kappa shape index (κ3) is 4.56. The largest absolute Gasteiger partial charge is 0.363 e. The second kappa shape index (κ2) is 7.42. The minimum atomic E-state index is -3.34. The Kier molecular flexibility index (Phi) is 5.84. The summed E-state index contributed by atoms with van der Waals surface area (Å²) in [6, 6.07) is 2.13. The van der Waals surface area contributed by atoms with Crippen LogP contribution < -0.4 is 5.32 Å². The van der Waals surface area contributed by atoms with Gasteiger partial charge in [0.05, 0.1) is 4.90 Å². The zero-order valence-corrected chi connectivity index (χ0v) is 13.9. The van der Waals surface area contributed by atoms with E-state index in [-0.39, 0.29) is 0 Å². The fourth-order valence-corrected chi connectivity index (χ4v) is 4.13. The minimum absolute atomic E-state index is 0.378. The molecule has 0 aromatic carbocycles. The number of aromatic nitrogens is 1. The van der Waals surface area contributed by atoms with Crippen LogP contribution in [0.5, 0.6) is 0 Å². The van der Waals surface area contributed by atoms with E-state index in [1.807, 2.05) is 0 Å². The first-order chi connectivity index (χ1) is 10.00. The Morgan fingerprint density at radius 1 is 1.19 bits per heavy atom. The monoisotopic (exact) mass is 313 g/mol. The maximum absolute atomic E-state index is 12.7. The Morgan fingerprint density at radius 3 is 2.43 bits per heavy atom. The van der Waals surface area contributed by atoms with Crippen molar-refractivity contribution in [2.24, 2.45) is 0 Å². The average molecular weight is 313 g/mol. The fourth-order valence-electron chi connectivity index (χ4n) is 2.59.